The lowest BCUT2D eigenvalue weighted by molar-refractivity contribution is -0.114. The highest BCUT2D eigenvalue weighted by atomic mass is 16.5. The number of pyridine rings is 1. The molecule has 1 aromatic heterocycles. The van der Waals surface area contributed by atoms with E-state index in [0.29, 0.717) is 22.9 Å². The number of carbonyl (C=O) groups excluding carboxylic acids is 1. The Hall–Kier alpha value is -2.87. The highest BCUT2D eigenvalue weighted by molar-refractivity contribution is 5.90. The molecule has 0 aliphatic carbocycles. The van der Waals surface area contributed by atoms with Crippen molar-refractivity contribution in [3.05, 3.63) is 48.3 Å². The molecule has 1 amide bonds. The lowest BCUT2D eigenvalue weighted by atomic mass is 10.3. The quantitative estimate of drug-likeness (QED) is 0.912. The molecule has 2 aromatic rings. The summed E-state index contributed by atoms with van der Waals surface area (Å²) in [5, 5.41) is 11.3. The number of carbonyl (C=O) groups is 1. The number of hydrogen-bond donors (Lipinski definition) is 1. The number of ether oxygens (including phenoxy) is 1. The molecule has 0 fully saturated rings. The fourth-order valence-corrected chi connectivity index (χ4v) is 1.48. The van der Waals surface area contributed by atoms with Crippen molar-refractivity contribution < 1.29 is 9.53 Å². The molecule has 0 bridgehead atoms. The summed E-state index contributed by atoms with van der Waals surface area (Å²) in [4.78, 5) is 15.0. The maximum Gasteiger partial charge on any atom is 0.221 e. The summed E-state index contributed by atoms with van der Waals surface area (Å²) in [6.07, 6.45) is 1.46. The number of para-hydroxylation sites is 2. The summed E-state index contributed by atoms with van der Waals surface area (Å²) in [5.41, 5.74) is 0.904. The van der Waals surface area contributed by atoms with Crippen LogP contribution in [0.3, 0.4) is 0 Å². The van der Waals surface area contributed by atoms with E-state index < -0.39 is 0 Å². The Morgan fingerprint density at radius 3 is 2.74 bits per heavy atom. The van der Waals surface area contributed by atoms with E-state index in [1.165, 1.54) is 13.1 Å². The minimum atomic E-state index is -0.172. The van der Waals surface area contributed by atoms with Crippen molar-refractivity contribution in [1.29, 1.82) is 5.26 Å². The Balaban J connectivity index is 2.22. The zero-order valence-electron chi connectivity index (χ0n) is 10.3. The fraction of sp³-hybridized carbons (Fsp3) is 0.0714. The number of nitrogens with one attached hydrogen (secondary N) is 1. The Bertz CT molecular complexity index is 630. The summed E-state index contributed by atoms with van der Waals surface area (Å²) in [7, 11) is 0. The lowest BCUT2D eigenvalue weighted by Crippen LogP contribution is -2.06. The number of nitriles is 1. The van der Waals surface area contributed by atoms with Crippen LogP contribution < -0.4 is 10.1 Å². The van der Waals surface area contributed by atoms with Crippen LogP contribution in [0.5, 0.6) is 11.5 Å². The Kier molecular flexibility index (Phi) is 3.74. The van der Waals surface area contributed by atoms with Crippen LogP contribution in [0, 0.1) is 11.3 Å². The maximum atomic E-state index is 11.1. The van der Waals surface area contributed by atoms with E-state index >= 15 is 0 Å². The van der Waals surface area contributed by atoms with Crippen LogP contribution in [0.1, 0.15) is 12.6 Å². The first-order chi connectivity index (χ1) is 9.19. The number of nitrogens with zero attached hydrogens (tertiary/aromatic N) is 2. The molecule has 1 N–H and O–H groups in total. The SMILES string of the molecule is CC(=O)Nc1ccccc1Oc1ccc(C#N)nc1. The van der Waals surface area contributed by atoms with Crippen LogP contribution in [0.15, 0.2) is 42.6 Å². The van der Waals surface area contributed by atoms with Gasteiger partial charge in [0.2, 0.25) is 5.91 Å². The van der Waals surface area contributed by atoms with E-state index in [0.717, 1.165) is 0 Å². The van der Waals surface area contributed by atoms with Crippen molar-refractivity contribution in [2.75, 3.05) is 5.32 Å². The molecule has 94 valence electrons. The second-order valence-corrected chi connectivity index (χ2v) is 3.77. The average Bonchev–Trinajstić information content (AvgIpc) is 2.41. The summed E-state index contributed by atoms with van der Waals surface area (Å²) in [6.45, 7) is 1.43. The van der Waals surface area contributed by atoms with Gasteiger partial charge in [0.1, 0.15) is 17.5 Å². The van der Waals surface area contributed by atoms with E-state index in [4.69, 9.17) is 10.00 Å². The van der Waals surface area contributed by atoms with Gasteiger partial charge >= 0.3 is 0 Å². The molecule has 0 aliphatic heterocycles. The van der Waals surface area contributed by atoms with Crippen molar-refractivity contribution >= 4 is 11.6 Å². The van der Waals surface area contributed by atoms with E-state index in [9.17, 15) is 4.79 Å². The summed E-state index contributed by atoms with van der Waals surface area (Å²) in [6, 6.07) is 12.2. The molecule has 1 aromatic carbocycles. The minimum Gasteiger partial charge on any atom is -0.454 e. The molecule has 19 heavy (non-hydrogen) atoms. The topological polar surface area (TPSA) is 75.0 Å². The molecule has 0 atom stereocenters. The first-order valence-corrected chi connectivity index (χ1v) is 5.59. The first-order valence-electron chi connectivity index (χ1n) is 5.59. The zero-order chi connectivity index (χ0) is 13.7. The number of anilines is 1. The van der Waals surface area contributed by atoms with Crippen LogP contribution in [0.4, 0.5) is 5.69 Å². The van der Waals surface area contributed by atoms with Crippen LogP contribution in [-0.2, 0) is 4.79 Å². The molecule has 0 spiro atoms. The highest BCUT2D eigenvalue weighted by Crippen LogP contribution is 2.28. The second kappa shape index (κ2) is 5.65. The van der Waals surface area contributed by atoms with Crippen molar-refractivity contribution in [1.82, 2.24) is 4.98 Å². The molecule has 0 saturated heterocycles. The van der Waals surface area contributed by atoms with Crippen LogP contribution in [0.25, 0.3) is 0 Å². The second-order valence-electron chi connectivity index (χ2n) is 3.77. The van der Waals surface area contributed by atoms with Crippen LogP contribution >= 0.6 is 0 Å². The van der Waals surface area contributed by atoms with Crippen molar-refractivity contribution in [3.8, 4) is 17.6 Å². The Morgan fingerprint density at radius 1 is 1.32 bits per heavy atom. The molecular formula is C14H11N3O2. The minimum absolute atomic E-state index is 0.172. The normalized spacial score (nSPS) is 9.47. The lowest BCUT2D eigenvalue weighted by Gasteiger charge is -2.10. The third-order valence-electron chi connectivity index (χ3n) is 2.28. The average molecular weight is 253 g/mol. The fourth-order valence-electron chi connectivity index (χ4n) is 1.48. The van der Waals surface area contributed by atoms with Crippen LogP contribution in [-0.4, -0.2) is 10.9 Å². The van der Waals surface area contributed by atoms with Gasteiger partial charge in [-0.05, 0) is 24.3 Å². The highest BCUT2D eigenvalue weighted by Gasteiger charge is 2.06. The number of benzene rings is 1. The maximum absolute atomic E-state index is 11.1. The molecule has 5 nitrogen and oxygen atoms in total. The molecule has 0 aliphatic rings. The third-order valence-corrected chi connectivity index (χ3v) is 2.28. The largest absolute Gasteiger partial charge is 0.454 e. The van der Waals surface area contributed by atoms with Gasteiger partial charge in [0.05, 0.1) is 11.9 Å². The molecule has 5 heteroatoms. The van der Waals surface area contributed by atoms with Gasteiger partial charge < -0.3 is 10.1 Å². The molecule has 2 rings (SSSR count). The van der Waals surface area contributed by atoms with Gasteiger partial charge in [-0.3, -0.25) is 4.79 Å². The Labute approximate surface area is 110 Å². The van der Waals surface area contributed by atoms with Gasteiger partial charge in [-0.2, -0.15) is 5.26 Å². The van der Waals surface area contributed by atoms with Gasteiger partial charge in [-0.15, -0.1) is 0 Å². The van der Waals surface area contributed by atoms with Gasteiger partial charge in [0.15, 0.2) is 5.75 Å². The van der Waals surface area contributed by atoms with E-state index in [1.54, 1.807) is 36.4 Å². The molecule has 0 unspecified atom stereocenters. The van der Waals surface area contributed by atoms with E-state index in [-0.39, 0.29) is 5.91 Å². The number of hydrogen-bond acceptors (Lipinski definition) is 4. The van der Waals surface area contributed by atoms with Crippen molar-refractivity contribution in [2.45, 2.75) is 6.92 Å². The zero-order valence-corrected chi connectivity index (χ0v) is 10.3. The van der Waals surface area contributed by atoms with Crippen molar-refractivity contribution in [2.24, 2.45) is 0 Å². The predicted octanol–water partition coefficient (Wildman–Crippen LogP) is 2.70. The summed E-state index contributed by atoms with van der Waals surface area (Å²) in [5.74, 6) is 0.843. The number of amides is 1. The van der Waals surface area contributed by atoms with E-state index in [1.807, 2.05) is 6.07 Å². The molecule has 0 saturated carbocycles. The smallest absolute Gasteiger partial charge is 0.221 e. The van der Waals surface area contributed by atoms with Gasteiger partial charge in [0, 0.05) is 6.92 Å². The van der Waals surface area contributed by atoms with Crippen molar-refractivity contribution in [3.63, 3.8) is 0 Å². The summed E-state index contributed by atoms with van der Waals surface area (Å²) >= 11 is 0. The van der Waals surface area contributed by atoms with Gasteiger partial charge in [-0.1, -0.05) is 12.1 Å². The summed E-state index contributed by atoms with van der Waals surface area (Å²) < 4.78 is 5.62. The van der Waals surface area contributed by atoms with Gasteiger partial charge in [-0.25, -0.2) is 4.98 Å². The van der Waals surface area contributed by atoms with Gasteiger partial charge in [0.25, 0.3) is 0 Å². The van der Waals surface area contributed by atoms with E-state index in [2.05, 4.69) is 10.3 Å². The molecule has 0 radical (unpaired) electrons. The molecular weight excluding hydrogens is 242 g/mol. The standard InChI is InChI=1S/C14H11N3O2/c1-10(18)17-13-4-2-3-5-14(13)19-12-7-6-11(8-15)16-9-12/h2-7,9H,1H3,(H,17,18). The molecule has 1 heterocycles. The first kappa shape index (κ1) is 12.6. The third kappa shape index (κ3) is 3.30. The predicted molar refractivity (Wildman–Crippen MR) is 69.8 cm³/mol. The number of rotatable bonds is 3. The number of aromatic nitrogens is 1. The van der Waals surface area contributed by atoms with Crippen LogP contribution in [0.2, 0.25) is 0 Å². The Morgan fingerprint density at radius 2 is 2.11 bits per heavy atom. The monoisotopic (exact) mass is 253 g/mol.